The molecule has 1 fully saturated rings. The molecular weight excluding hydrogens is 597 g/mol. The molecule has 1 aromatic carbocycles. The molecule has 0 bridgehead atoms. The molecule has 0 radical (unpaired) electrons. The van der Waals surface area contributed by atoms with Crippen LogP contribution < -0.4 is 20.9 Å². The number of aliphatic carboxylic acids is 1. The summed E-state index contributed by atoms with van der Waals surface area (Å²) in [5.41, 5.74) is -3.89. The molecule has 0 spiro atoms. The van der Waals surface area contributed by atoms with E-state index in [1.54, 1.807) is 0 Å². The number of amides is 2. The molecule has 0 saturated carbocycles. The standard InChI is InChI=1S/C26H29FN6O11/c1-10-31-32-21(42-10)20(38)30-26(2,3)25-29-13(19(37)28-9-11-5-7-12(27)8-6-11)17(22(39)33(25)4)43-24-16(36)14(34)15(35)18(44-24)23(40)41/h5-8,14-16,18,24,34-36H,9H2,1-4H3,(H,28,37)(H,30,38)(H,40,41)/t14-,15-,16+,18-,24+/m0/s1/i5+1,6+1,7+1,8+1,9D2,11+1,12+1. The van der Waals surface area contributed by atoms with Gasteiger partial charge in [0.15, 0.2) is 11.8 Å². The summed E-state index contributed by atoms with van der Waals surface area (Å²) in [5, 5.41) is 51.8. The zero-order chi connectivity index (χ0) is 34.3. The molecule has 0 unspecified atom stereocenters. The molecule has 3 heterocycles. The first kappa shape index (κ1) is 29.3. The van der Waals surface area contributed by atoms with Crippen molar-refractivity contribution >= 4 is 17.8 Å². The minimum atomic E-state index is -2.69. The largest absolute Gasteiger partial charge is 0.479 e. The summed E-state index contributed by atoms with van der Waals surface area (Å²) in [6.07, 6.45) is -10.7. The van der Waals surface area contributed by atoms with Gasteiger partial charge >= 0.3 is 17.8 Å². The van der Waals surface area contributed by atoms with Crippen molar-refractivity contribution in [3.05, 3.63) is 69.3 Å². The second-order valence-electron chi connectivity index (χ2n) is 10.1. The van der Waals surface area contributed by atoms with Crippen molar-refractivity contribution in [1.82, 2.24) is 30.4 Å². The highest BCUT2D eigenvalue weighted by Crippen LogP contribution is 2.26. The van der Waals surface area contributed by atoms with Crippen LogP contribution in [-0.2, 0) is 28.6 Å². The fraction of sp³-hybridized carbons (Fsp3) is 0.423. The molecule has 236 valence electrons. The van der Waals surface area contributed by atoms with Crippen LogP contribution in [0.3, 0.4) is 0 Å². The minimum Gasteiger partial charge on any atom is -0.479 e. The first-order valence-corrected chi connectivity index (χ1v) is 12.8. The number of carboxylic acids is 1. The maximum Gasteiger partial charge on any atom is 0.335 e. The lowest BCUT2D eigenvalue weighted by Gasteiger charge is -2.38. The second kappa shape index (κ2) is 12.4. The number of carboxylic acid groups (broad SMARTS) is 1. The second-order valence-corrected chi connectivity index (χ2v) is 10.1. The van der Waals surface area contributed by atoms with E-state index in [0.717, 1.165) is 28.8 Å². The third kappa shape index (κ3) is 6.57. The lowest BCUT2D eigenvalue weighted by molar-refractivity contribution is -0.271. The van der Waals surface area contributed by atoms with Gasteiger partial charge in [-0.3, -0.25) is 19.0 Å². The predicted octanol–water partition coefficient (Wildman–Crippen LogP) is -1.52. The highest BCUT2D eigenvalue weighted by atomic mass is 19.2. The SMILES string of the molecule is [2H]C([2H])(NC(=O)c1nc(C(C)(C)NC(=O)c2nnc(C)o2)n(C)c(=O)c1O[C@@H]1O[C@H](C(=O)O)[C@@H](O)[C@H](O)[C@H]1O)[13c]1[13cH][13cH][13c](F)[13cH][13cH]1. The van der Waals surface area contributed by atoms with Crippen LogP contribution >= 0.6 is 0 Å². The average molecular weight is 629 g/mol. The molecule has 17 nitrogen and oxygen atoms in total. The number of aromatic nitrogens is 4. The van der Waals surface area contributed by atoms with Crippen molar-refractivity contribution in [2.45, 2.75) is 63.5 Å². The molecule has 0 aliphatic carbocycles. The van der Waals surface area contributed by atoms with Crippen molar-refractivity contribution in [3.8, 4) is 5.75 Å². The number of benzene rings is 1. The number of aliphatic hydroxyl groups excluding tert-OH is 3. The number of nitrogens with one attached hydrogen (secondary N) is 2. The molecule has 1 aliphatic heterocycles. The highest BCUT2D eigenvalue weighted by molar-refractivity contribution is 5.95. The Kier molecular flexibility index (Phi) is 8.29. The third-order valence-electron chi connectivity index (χ3n) is 6.38. The van der Waals surface area contributed by atoms with Gasteiger partial charge in [-0.25, -0.2) is 14.2 Å². The quantitative estimate of drug-likeness (QED) is 0.158. The number of nitrogens with zero attached hydrogens (tertiary/aromatic N) is 4. The topological polar surface area (TPSA) is 248 Å². The molecule has 3 aromatic rings. The molecule has 1 aliphatic rings. The summed E-state index contributed by atoms with van der Waals surface area (Å²) in [7, 11) is 1.17. The van der Waals surface area contributed by atoms with E-state index in [2.05, 4.69) is 20.5 Å². The molecule has 2 amide bonds. The van der Waals surface area contributed by atoms with Gasteiger partial charge in [0.2, 0.25) is 17.9 Å². The fourth-order valence-electron chi connectivity index (χ4n) is 4.17. The number of hydrogen-bond donors (Lipinski definition) is 6. The zero-order valence-electron chi connectivity index (χ0n) is 25.5. The molecule has 1 saturated heterocycles. The lowest BCUT2D eigenvalue weighted by atomic mass is 9.99. The first-order chi connectivity index (χ1) is 21.3. The van der Waals surface area contributed by atoms with Crippen molar-refractivity contribution in [2.75, 3.05) is 0 Å². The number of aliphatic hydroxyl groups is 3. The van der Waals surface area contributed by atoms with E-state index in [9.17, 15) is 44.0 Å². The van der Waals surface area contributed by atoms with E-state index in [1.165, 1.54) is 27.8 Å². The number of rotatable bonds is 9. The Bertz CT molecular complexity index is 1710. The summed E-state index contributed by atoms with van der Waals surface area (Å²) in [6, 6.07) is 4.00. The predicted molar refractivity (Wildman–Crippen MR) is 142 cm³/mol. The molecule has 18 heteroatoms. The van der Waals surface area contributed by atoms with Crippen LogP contribution in [0.2, 0.25) is 0 Å². The van der Waals surface area contributed by atoms with E-state index in [1.807, 2.05) is 5.32 Å². The number of carbonyl (C=O) groups excluding carboxylic acids is 2. The van der Waals surface area contributed by atoms with E-state index in [-0.39, 0.29) is 17.3 Å². The van der Waals surface area contributed by atoms with Crippen LogP contribution in [0.1, 0.15) is 55.0 Å². The molecular formula is C26H29FN6O11. The van der Waals surface area contributed by atoms with E-state index in [0.29, 0.717) is 0 Å². The van der Waals surface area contributed by atoms with Crippen molar-refractivity contribution in [1.29, 1.82) is 0 Å². The summed E-state index contributed by atoms with van der Waals surface area (Å²) in [6.45, 7) is 1.53. The van der Waals surface area contributed by atoms with Gasteiger partial charge in [0, 0.05) is 20.5 Å². The van der Waals surface area contributed by atoms with Crippen LogP contribution in [-0.4, -0.2) is 88.7 Å². The minimum absolute atomic E-state index is 0.0826. The zero-order valence-corrected chi connectivity index (χ0v) is 23.5. The van der Waals surface area contributed by atoms with Gasteiger partial charge in [-0.15, -0.1) is 10.2 Å². The Hall–Kier alpha value is -4.78. The maximum absolute atomic E-state index is 13.7. The normalized spacial score (nSPS) is 22.9. The number of ether oxygens (including phenoxy) is 2. The van der Waals surface area contributed by atoms with Gasteiger partial charge in [-0.1, -0.05) is 12.1 Å². The summed E-state index contributed by atoms with van der Waals surface area (Å²) in [4.78, 5) is 55.9. The Balaban J connectivity index is 1.80. The lowest BCUT2D eigenvalue weighted by Crippen LogP contribution is -2.61. The van der Waals surface area contributed by atoms with Gasteiger partial charge in [0.05, 0.1) is 8.28 Å². The Labute approximate surface area is 250 Å². The number of carbonyl (C=O) groups is 3. The van der Waals surface area contributed by atoms with Crippen molar-refractivity contribution in [2.24, 2.45) is 7.05 Å². The Morgan fingerprint density at radius 1 is 1.11 bits per heavy atom. The van der Waals surface area contributed by atoms with Crippen LogP contribution in [0, 0.1) is 12.7 Å². The van der Waals surface area contributed by atoms with Crippen LogP contribution in [0.25, 0.3) is 0 Å². The van der Waals surface area contributed by atoms with Gasteiger partial charge in [0.25, 0.3) is 11.5 Å². The average Bonchev–Trinajstić information content (AvgIpc) is 3.41. The van der Waals surface area contributed by atoms with Gasteiger partial charge in [-0.05, 0) is 31.5 Å². The molecule has 6 N–H and O–H groups in total. The first-order valence-electron chi connectivity index (χ1n) is 13.8. The van der Waals surface area contributed by atoms with Crippen LogP contribution in [0.5, 0.6) is 5.75 Å². The molecule has 44 heavy (non-hydrogen) atoms. The number of aryl methyl sites for hydroxylation is 1. The smallest absolute Gasteiger partial charge is 0.335 e. The van der Waals surface area contributed by atoms with E-state index >= 15 is 0 Å². The third-order valence-corrected chi connectivity index (χ3v) is 6.38. The fourth-order valence-corrected chi connectivity index (χ4v) is 4.17. The highest BCUT2D eigenvalue weighted by Gasteiger charge is 2.49. The maximum atomic E-state index is 13.7. The van der Waals surface area contributed by atoms with Gasteiger partial charge in [0.1, 0.15) is 30.0 Å². The Morgan fingerprint density at radius 3 is 2.36 bits per heavy atom. The molecule has 2 aromatic heterocycles. The summed E-state index contributed by atoms with van der Waals surface area (Å²) >= 11 is 0. The van der Waals surface area contributed by atoms with E-state index < -0.39 is 89.2 Å². The number of hydrogen-bond acceptors (Lipinski definition) is 13. The number of halogens is 1. The van der Waals surface area contributed by atoms with Crippen LogP contribution in [0.15, 0.2) is 33.5 Å². The Morgan fingerprint density at radius 2 is 1.77 bits per heavy atom. The molecule has 5 atom stereocenters. The van der Waals surface area contributed by atoms with Crippen molar-refractivity contribution < 1.29 is 55.8 Å². The van der Waals surface area contributed by atoms with Crippen molar-refractivity contribution in [3.63, 3.8) is 0 Å². The van der Waals surface area contributed by atoms with Gasteiger partial charge in [-0.2, -0.15) is 0 Å². The van der Waals surface area contributed by atoms with E-state index in [4.69, 9.17) is 16.6 Å². The summed E-state index contributed by atoms with van der Waals surface area (Å²) in [5.74, 6) is -6.36. The monoisotopic (exact) mass is 628 g/mol. The summed E-state index contributed by atoms with van der Waals surface area (Å²) < 4.78 is 46.6. The van der Waals surface area contributed by atoms with Gasteiger partial charge < -0.3 is 45.0 Å². The van der Waals surface area contributed by atoms with Crippen LogP contribution in [0.4, 0.5) is 4.39 Å². The molecule has 4 rings (SSSR count).